The number of pyridine rings is 1. The molecule has 0 saturated heterocycles. The predicted octanol–water partition coefficient (Wildman–Crippen LogP) is 1.97. The van der Waals surface area contributed by atoms with Gasteiger partial charge >= 0.3 is 0 Å². The highest BCUT2D eigenvalue weighted by atomic mass is 127. The van der Waals surface area contributed by atoms with Crippen molar-refractivity contribution < 1.29 is 0 Å². The quantitative estimate of drug-likeness (QED) is 0.651. The zero-order chi connectivity index (χ0) is 8.27. The van der Waals surface area contributed by atoms with Gasteiger partial charge in [-0.25, -0.2) is 4.98 Å². The van der Waals surface area contributed by atoms with Gasteiger partial charge in [0.25, 0.3) is 0 Å². The van der Waals surface area contributed by atoms with Crippen LogP contribution in [0.3, 0.4) is 0 Å². The summed E-state index contributed by atoms with van der Waals surface area (Å²) in [7, 11) is 1.94. The van der Waals surface area contributed by atoms with E-state index < -0.39 is 0 Å². The molecule has 0 spiro atoms. The monoisotopic (exact) mass is 262 g/mol. The fraction of sp³-hybridized carbons (Fsp3) is 0.375. The van der Waals surface area contributed by atoms with Crippen LogP contribution in [0.5, 0.6) is 0 Å². The van der Waals surface area contributed by atoms with E-state index in [-0.39, 0.29) is 0 Å². The standard InChI is InChI=1S/C8H11IN2/c1-6(10-2)7-4-3-5-8(9)11-7/h3-6,10H,1-2H3/t6-/m1/s1. The third kappa shape index (κ3) is 2.41. The average Bonchev–Trinajstić information content (AvgIpc) is 2.03. The van der Waals surface area contributed by atoms with Crippen LogP contribution in [0.4, 0.5) is 0 Å². The second-order valence-corrected chi connectivity index (χ2v) is 3.50. The molecule has 3 heteroatoms. The molecule has 1 N–H and O–H groups in total. The van der Waals surface area contributed by atoms with Crippen molar-refractivity contribution in [2.45, 2.75) is 13.0 Å². The molecule has 0 aromatic carbocycles. The van der Waals surface area contributed by atoms with Gasteiger partial charge in [-0.1, -0.05) is 6.07 Å². The van der Waals surface area contributed by atoms with Crippen molar-refractivity contribution in [3.63, 3.8) is 0 Å². The summed E-state index contributed by atoms with van der Waals surface area (Å²) in [5.74, 6) is 0. The first kappa shape index (κ1) is 8.93. The zero-order valence-electron chi connectivity index (χ0n) is 6.63. The Bertz CT molecular complexity index is 237. The summed E-state index contributed by atoms with van der Waals surface area (Å²) in [6.45, 7) is 2.10. The second kappa shape index (κ2) is 4.01. The third-order valence-electron chi connectivity index (χ3n) is 1.61. The first-order valence-electron chi connectivity index (χ1n) is 3.53. The molecule has 0 amide bonds. The Labute approximate surface area is 80.6 Å². The van der Waals surface area contributed by atoms with Crippen molar-refractivity contribution >= 4 is 22.6 Å². The fourth-order valence-corrected chi connectivity index (χ4v) is 1.30. The molecule has 1 rings (SSSR count). The van der Waals surface area contributed by atoms with Crippen molar-refractivity contribution in [2.24, 2.45) is 0 Å². The lowest BCUT2D eigenvalue weighted by atomic mass is 10.2. The minimum Gasteiger partial charge on any atom is -0.312 e. The SMILES string of the molecule is CN[C@H](C)c1cccc(I)n1. The van der Waals surface area contributed by atoms with E-state index in [1.54, 1.807) is 0 Å². The molecule has 0 radical (unpaired) electrons. The largest absolute Gasteiger partial charge is 0.312 e. The maximum atomic E-state index is 4.37. The van der Waals surface area contributed by atoms with Crippen molar-refractivity contribution in [1.29, 1.82) is 0 Å². The van der Waals surface area contributed by atoms with Crippen molar-refractivity contribution in [3.8, 4) is 0 Å². The van der Waals surface area contributed by atoms with E-state index in [1.165, 1.54) is 0 Å². The van der Waals surface area contributed by atoms with Gasteiger partial charge in [-0.05, 0) is 48.7 Å². The van der Waals surface area contributed by atoms with Crippen LogP contribution in [0.1, 0.15) is 18.7 Å². The number of rotatable bonds is 2. The summed E-state index contributed by atoms with van der Waals surface area (Å²) in [4.78, 5) is 4.37. The van der Waals surface area contributed by atoms with Gasteiger partial charge in [-0.2, -0.15) is 0 Å². The smallest absolute Gasteiger partial charge is 0.101 e. The van der Waals surface area contributed by atoms with Gasteiger partial charge in [-0.15, -0.1) is 0 Å². The molecule has 1 heterocycles. The fourth-order valence-electron chi connectivity index (χ4n) is 0.813. The maximum absolute atomic E-state index is 4.37. The normalized spacial score (nSPS) is 13.0. The van der Waals surface area contributed by atoms with Gasteiger partial charge in [0.05, 0.1) is 5.69 Å². The van der Waals surface area contributed by atoms with Crippen LogP contribution < -0.4 is 5.32 Å². The number of hydrogen-bond acceptors (Lipinski definition) is 2. The molecule has 0 aliphatic rings. The van der Waals surface area contributed by atoms with E-state index in [0.29, 0.717) is 6.04 Å². The molecule has 1 aromatic heterocycles. The van der Waals surface area contributed by atoms with E-state index in [1.807, 2.05) is 25.2 Å². The summed E-state index contributed by atoms with van der Waals surface area (Å²) in [5, 5.41) is 3.14. The van der Waals surface area contributed by atoms with Crippen molar-refractivity contribution in [3.05, 3.63) is 27.6 Å². The van der Waals surface area contributed by atoms with E-state index >= 15 is 0 Å². The van der Waals surface area contributed by atoms with Crippen LogP contribution in [-0.2, 0) is 0 Å². The van der Waals surface area contributed by atoms with Crippen LogP contribution in [0.2, 0.25) is 0 Å². The Kier molecular flexibility index (Phi) is 3.26. The Morgan fingerprint density at radius 1 is 1.55 bits per heavy atom. The van der Waals surface area contributed by atoms with Crippen LogP contribution >= 0.6 is 22.6 Å². The molecule has 0 fully saturated rings. The number of nitrogens with zero attached hydrogens (tertiary/aromatic N) is 1. The molecule has 0 aliphatic carbocycles. The molecule has 1 aromatic rings. The molecule has 60 valence electrons. The molecule has 11 heavy (non-hydrogen) atoms. The Morgan fingerprint density at radius 2 is 2.27 bits per heavy atom. The molecule has 0 bridgehead atoms. The Balaban J connectivity index is 2.86. The molecule has 1 atom stereocenters. The number of halogens is 1. The van der Waals surface area contributed by atoms with Gasteiger partial charge in [-0.3, -0.25) is 0 Å². The van der Waals surface area contributed by atoms with Crippen LogP contribution in [0, 0.1) is 3.70 Å². The number of hydrogen-bond donors (Lipinski definition) is 1. The van der Waals surface area contributed by atoms with Crippen molar-refractivity contribution in [2.75, 3.05) is 7.05 Å². The molecule has 0 saturated carbocycles. The Morgan fingerprint density at radius 3 is 2.82 bits per heavy atom. The third-order valence-corrected chi connectivity index (χ3v) is 2.21. The summed E-state index contributed by atoms with van der Waals surface area (Å²) < 4.78 is 1.04. The topological polar surface area (TPSA) is 24.9 Å². The highest BCUT2D eigenvalue weighted by Gasteiger charge is 2.02. The first-order valence-corrected chi connectivity index (χ1v) is 4.61. The van der Waals surface area contributed by atoms with Crippen LogP contribution in [0.15, 0.2) is 18.2 Å². The van der Waals surface area contributed by atoms with Crippen LogP contribution in [0.25, 0.3) is 0 Å². The van der Waals surface area contributed by atoms with E-state index in [2.05, 4.69) is 39.8 Å². The van der Waals surface area contributed by atoms with Gasteiger partial charge < -0.3 is 5.32 Å². The van der Waals surface area contributed by atoms with Gasteiger partial charge in [0.15, 0.2) is 0 Å². The minimum atomic E-state index is 0.338. The summed E-state index contributed by atoms with van der Waals surface area (Å²) in [6, 6.07) is 6.39. The lowest BCUT2D eigenvalue weighted by Gasteiger charge is -2.08. The minimum absolute atomic E-state index is 0.338. The van der Waals surface area contributed by atoms with Gasteiger partial charge in [0.2, 0.25) is 0 Å². The highest BCUT2D eigenvalue weighted by Crippen LogP contribution is 2.09. The number of aromatic nitrogens is 1. The summed E-state index contributed by atoms with van der Waals surface area (Å²) >= 11 is 2.22. The van der Waals surface area contributed by atoms with Gasteiger partial charge in [0, 0.05) is 6.04 Å². The summed E-state index contributed by atoms with van der Waals surface area (Å²) in [5.41, 5.74) is 1.10. The van der Waals surface area contributed by atoms with Crippen molar-refractivity contribution in [1.82, 2.24) is 10.3 Å². The highest BCUT2D eigenvalue weighted by molar-refractivity contribution is 14.1. The van der Waals surface area contributed by atoms with Gasteiger partial charge in [0.1, 0.15) is 3.70 Å². The molecule has 0 unspecified atom stereocenters. The Hall–Kier alpha value is -0.160. The lowest BCUT2D eigenvalue weighted by Crippen LogP contribution is -2.13. The molecular formula is C8H11IN2. The lowest BCUT2D eigenvalue weighted by molar-refractivity contribution is 0.631. The van der Waals surface area contributed by atoms with E-state index in [9.17, 15) is 0 Å². The molecule has 0 aliphatic heterocycles. The zero-order valence-corrected chi connectivity index (χ0v) is 8.79. The predicted molar refractivity (Wildman–Crippen MR) is 54.4 cm³/mol. The first-order chi connectivity index (χ1) is 5.24. The molecule has 2 nitrogen and oxygen atoms in total. The number of nitrogens with one attached hydrogen (secondary N) is 1. The molecular weight excluding hydrogens is 251 g/mol. The summed E-state index contributed by atoms with van der Waals surface area (Å²) in [6.07, 6.45) is 0. The van der Waals surface area contributed by atoms with Crippen LogP contribution in [-0.4, -0.2) is 12.0 Å². The average molecular weight is 262 g/mol. The van der Waals surface area contributed by atoms with E-state index in [4.69, 9.17) is 0 Å². The van der Waals surface area contributed by atoms with E-state index in [0.717, 1.165) is 9.39 Å². The second-order valence-electron chi connectivity index (χ2n) is 2.40. The maximum Gasteiger partial charge on any atom is 0.101 e.